The lowest BCUT2D eigenvalue weighted by molar-refractivity contribution is -0.142. The average Bonchev–Trinajstić information content (AvgIpc) is 3.14. The number of carbonyl (C=O) groups is 1. The van der Waals surface area contributed by atoms with Crippen LogP contribution in [0.1, 0.15) is 17.2 Å². The third-order valence-electron chi connectivity index (χ3n) is 4.46. The van der Waals surface area contributed by atoms with Crippen LogP contribution in [0.2, 0.25) is 0 Å². The summed E-state index contributed by atoms with van der Waals surface area (Å²) in [7, 11) is 0. The minimum absolute atomic E-state index is 0.00644. The highest BCUT2D eigenvalue weighted by Gasteiger charge is 2.37. The Morgan fingerprint density at radius 1 is 1.12 bits per heavy atom. The van der Waals surface area contributed by atoms with Crippen LogP contribution in [-0.2, 0) is 4.79 Å². The number of likely N-dealkylation sites (tertiary alicyclic amines) is 1. The van der Waals surface area contributed by atoms with E-state index in [0.29, 0.717) is 13.1 Å². The smallest absolute Gasteiger partial charge is 0.252 e. The van der Waals surface area contributed by atoms with Crippen molar-refractivity contribution in [1.82, 2.24) is 25.1 Å². The molecule has 2 heterocycles. The molecule has 7 heteroatoms. The maximum Gasteiger partial charge on any atom is 0.252 e. The van der Waals surface area contributed by atoms with Crippen molar-refractivity contribution in [2.45, 2.75) is 19.1 Å². The Bertz CT molecular complexity index is 859. The van der Waals surface area contributed by atoms with E-state index in [0.717, 1.165) is 11.3 Å². The molecule has 4 rings (SSSR count). The van der Waals surface area contributed by atoms with Crippen molar-refractivity contribution in [3.8, 4) is 5.75 Å². The number of ether oxygens (including phenoxy) is 1. The Kier molecular flexibility index (Phi) is 4.35. The molecule has 3 aromatic rings. The molecule has 132 valence electrons. The topological polar surface area (TPSA) is 73.1 Å². The Labute approximate surface area is 151 Å². The number of aromatic nitrogens is 4. The summed E-state index contributed by atoms with van der Waals surface area (Å²) in [5.74, 6) is 0.792. The van der Waals surface area contributed by atoms with E-state index in [1.54, 1.807) is 4.90 Å². The first kappa shape index (κ1) is 16.3. The Morgan fingerprint density at radius 3 is 2.50 bits per heavy atom. The summed E-state index contributed by atoms with van der Waals surface area (Å²) in [5.41, 5.74) is 2.04. The number of aryl methyl sites for hydroxylation is 1. The van der Waals surface area contributed by atoms with Gasteiger partial charge in [0.25, 0.3) is 5.91 Å². The second-order valence-electron chi connectivity index (χ2n) is 6.40. The molecule has 0 aliphatic carbocycles. The van der Waals surface area contributed by atoms with Crippen LogP contribution in [-0.4, -0.2) is 50.2 Å². The lowest BCUT2D eigenvalue weighted by Crippen LogP contribution is -2.57. The number of nitrogens with zero attached hydrogens (tertiary/aromatic N) is 5. The van der Waals surface area contributed by atoms with Crippen LogP contribution in [0.5, 0.6) is 5.75 Å². The number of rotatable bonds is 5. The van der Waals surface area contributed by atoms with Crippen LogP contribution >= 0.6 is 0 Å². The minimum atomic E-state index is -0.563. The van der Waals surface area contributed by atoms with Crippen molar-refractivity contribution in [3.05, 3.63) is 72.1 Å². The van der Waals surface area contributed by atoms with Crippen LogP contribution in [0.15, 0.2) is 60.9 Å². The molecule has 1 aromatic heterocycles. The van der Waals surface area contributed by atoms with Gasteiger partial charge in [-0.25, -0.2) is 4.68 Å². The molecule has 1 saturated heterocycles. The second kappa shape index (κ2) is 6.95. The van der Waals surface area contributed by atoms with Crippen molar-refractivity contribution in [1.29, 1.82) is 0 Å². The summed E-state index contributed by atoms with van der Waals surface area (Å²) in [6, 6.07) is 16.9. The number of tetrazole rings is 1. The molecule has 2 aromatic carbocycles. The maximum absolute atomic E-state index is 13.0. The van der Waals surface area contributed by atoms with E-state index >= 15 is 0 Å². The summed E-state index contributed by atoms with van der Waals surface area (Å²) in [5, 5.41) is 11.3. The van der Waals surface area contributed by atoms with Gasteiger partial charge in [-0.1, -0.05) is 48.0 Å². The van der Waals surface area contributed by atoms with Crippen LogP contribution in [0.3, 0.4) is 0 Å². The zero-order chi connectivity index (χ0) is 17.9. The largest absolute Gasteiger partial charge is 0.487 e. The molecule has 0 N–H and O–H groups in total. The van der Waals surface area contributed by atoms with Gasteiger partial charge in [-0.05, 0) is 35.0 Å². The zero-order valence-electron chi connectivity index (χ0n) is 14.4. The van der Waals surface area contributed by atoms with Gasteiger partial charge in [-0.2, -0.15) is 0 Å². The van der Waals surface area contributed by atoms with Crippen LogP contribution in [0.4, 0.5) is 0 Å². The summed E-state index contributed by atoms with van der Waals surface area (Å²) in [6.07, 6.45) is 1.47. The summed E-state index contributed by atoms with van der Waals surface area (Å²) < 4.78 is 7.41. The number of hydrogen-bond acceptors (Lipinski definition) is 5. The molecule has 7 nitrogen and oxygen atoms in total. The van der Waals surface area contributed by atoms with Crippen LogP contribution in [0, 0.1) is 6.92 Å². The summed E-state index contributed by atoms with van der Waals surface area (Å²) in [6.45, 7) is 3.15. The molecule has 0 saturated carbocycles. The van der Waals surface area contributed by atoms with Gasteiger partial charge in [-0.15, -0.1) is 5.10 Å². The fourth-order valence-corrected chi connectivity index (χ4v) is 3.01. The molecule has 1 atom stereocenters. The Hall–Kier alpha value is -3.22. The van der Waals surface area contributed by atoms with Gasteiger partial charge < -0.3 is 9.64 Å². The van der Waals surface area contributed by atoms with Crippen molar-refractivity contribution >= 4 is 5.91 Å². The highest BCUT2D eigenvalue weighted by Crippen LogP contribution is 2.25. The van der Waals surface area contributed by atoms with Gasteiger partial charge in [0, 0.05) is 0 Å². The molecule has 1 amide bonds. The molecule has 1 aliphatic rings. The Balaban J connectivity index is 1.44. The van der Waals surface area contributed by atoms with Gasteiger partial charge in [0.15, 0.2) is 6.04 Å². The van der Waals surface area contributed by atoms with Gasteiger partial charge in [0.05, 0.1) is 13.1 Å². The van der Waals surface area contributed by atoms with Crippen molar-refractivity contribution in [2.75, 3.05) is 13.1 Å². The molecule has 0 spiro atoms. The van der Waals surface area contributed by atoms with E-state index in [1.807, 2.05) is 61.5 Å². The second-order valence-corrected chi connectivity index (χ2v) is 6.40. The van der Waals surface area contributed by atoms with E-state index < -0.39 is 6.04 Å². The van der Waals surface area contributed by atoms with Gasteiger partial charge in [0.2, 0.25) is 0 Å². The quantitative estimate of drug-likeness (QED) is 0.703. The third-order valence-corrected chi connectivity index (χ3v) is 4.46. The predicted octanol–water partition coefficient (Wildman–Crippen LogP) is 1.86. The zero-order valence-corrected chi connectivity index (χ0v) is 14.4. The lowest BCUT2D eigenvalue weighted by atomic mass is 10.0. The molecule has 1 fully saturated rings. The van der Waals surface area contributed by atoms with Crippen LogP contribution in [0.25, 0.3) is 0 Å². The normalized spacial score (nSPS) is 15.3. The highest BCUT2D eigenvalue weighted by molar-refractivity contribution is 5.84. The fraction of sp³-hybridized carbons (Fsp3) is 0.263. The number of hydrogen-bond donors (Lipinski definition) is 0. The number of carbonyl (C=O) groups excluding carboxylic acids is 1. The Morgan fingerprint density at radius 2 is 1.85 bits per heavy atom. The molecule has 1 aliphatic heterocycles. The van der Waals surface area contributed by atoms with Gasteiger partial charge >= 0.3 is 0 Å². The first-order valence-corrected chi connectivity index (χ1v) is 8.50. The van der Waals surface area contributed by atoms with E-state index in [9.17, 15) is 4.79 Å². The highest BCUT2D eigenvalue weighted by atomic mass is 16.5. The minimum Gasteiger partial charge on any atom is -0.487 e. The van der Waals surface area contributed by atoms with E-state index in [4.69, 9.17) is 4.74 Å². The summed E-state index contributed by atoms with van der Waals surface area (Å²) in [4.78, 5) is 14.8. The number of benzene rings is 2. The molecule has 1 unspecified atom stereocenters. The SMILES string of the molecule is Cc1ccc(OC2CN(C(=O)C(c3ccccc3)n3cnnn3)C2)cc1. The summed E-state index contributed by atoms with van der Waals surface area (Å²) >= 11 is 0. The third kappa shape index (κ3) is 3.28. The van der Waals surface area contributed by atoms with Crippen molar-refractivity contribution in [2.24, 2.45) is 0 Å². The van der Waals surface area contributed by atoms with E-state index in [-0.39, 0.29) is 12.0 Å². The maximum atomic E-state index is 13.0. The van der Waals surface area contributed by atoms with Crippen molar-refractivity contribution in [3.63, 3.8) is 0 Å². The standard InChI is InChI=1S/C19H19N5O2/c1-14-7-9-16(10-8-14)26-17-11-23(12-17)19(25)18(24-13-20-21-22-24)15-5-3-2-4-6-15/h2-10,13,17-18H,11-12H2,1H3. The monoisotopic (exact) mass is 349 g/mol. The van der Waals surface area contributed by atoms with Crippen LogP contribution < -0.4 is 4.74 Å². The van der Waals surface area contributed by atoms with E-state index in [1.165, 1.54) is 16.6 Å². The molecular weight excluding hydrogens is 330 g/mol. The first-order valence-electron chi connectivity index (χ1n) is 8.50. The molecule has 26 heavy (non-hydrogen) atoms. The lowest BCUT2D eigenvalue weighted by Gasteiger charge is -2.40. The predicted molar refractivity (Wildman–Crippen MR) is 94.6 cm³/mol. The van der Waals surface area contributed by atoms with Gasteiger partial charge in [-0.3, -0.25) is 4.79 Å². The number of amides is 1. The molecular formula is C19H19N5O2. The molecule has 0 radical (unpaired) electrons. The van der Waals surface area contributed by atoms with E-state index in [2.05, 4.69) is 15.5 Å². The van der Waals surface area contributed by atoms with Crippen molar-refractivity contribution < 1.29 is 9.53 Å². The average molecular weight is 349 g/mol. The molecule has 0 bridgehead atoms. The fourth-order valence-electron chi connectivity index (χ4n) is 3.01. The van der Waals surface area contributed by atoms with Gasteiger partial charge in [0.1, 0.15) is 18.2 Å². The first-order chi connectivity index (χ1) is 12.7.